The minimum Gasteiger partial charge on any atom is -0.298 e. The van der Waals surface area contributed by atoms with Crippen LogP contribution in [0.25, 0.3) is 0 Å². The van der Waals surface area contributed by atoms with Crippen LogP contribution >= 0.6 is 0 Å². The molecule has 94 valence electrons. The Labute approximate surface area is 105 Å². The highest BCUT2D eigenvalue weighted by Gasteiger charge is 2.30. The number of rotatable bonds is 5. The zero-order chi connectivity index (χ0) is 12.7. The molecule has 0 N–H and O–H groups in total. The lowest BCUT2D eigenvalue weighted by Crippen LogP contribution is -2.44. The molecular weight excluding hydrogens is 210 g/mol. The maximum atomic E-state index is 9.23. The molecule has 0 amide bonds. The van der Waals surface area contributed by atoms with Crippen LogP contribution in [-0.2, 0) is 0 Å². The van der Waals surface area contributed by atoms with Gasteiger partial charge in [-0.25, -0.2) is 0 Å². The molecule has 0 aromatic rings. The Kier molecular flexibility index (Phi) is 6.01. The van der Waals surface area contributed by atoms with Gasteiger partial charge in [-0.1, -0.05) is 26.7 Å². The zero-order valence-corrected chi connectivity index (χ0v) is 11.0. The quantitative estimate of drug-likeness (QED) is 0.733. The molecule has 1 aliphatic carbocycles. The molecule has 17 heavy (non-hydrogen) atoms. The topological polar surface area (TPSA) is 50.8 Å². The molecule has 0 aromatic carbocycles. The van der Waals surface area contributed by atoms with Gasteiger partial charge in [0, 0.05) is 25.6 Å². The Balaban J connectivity index is 2.65. The summed E-state index contributed by atoms with van der Waals surface area (Å²) < 4.78 is 0. The Morgan fingerprint density at radius 2 is 1.94 bits per heavy atom. The molecule has 0 radical (unpaired) electrons. The SMILES string of the molecule is CC(C)CN(CCC#N)C1CCCCC1C#N. The van der Waals surface area contributed by atoms with Crippen molar-refractivity contribution in [2.45, 2.75) is 52.0 Å². The third-order valence-corrected chi connectivity index (χ3v) is 3.47. The van der Waals surface area contributed by atoms with Crippen LogP contribution in [0.1, 0.15) is 46.0 Å². The summed E-state index contributed by atoms with van der Waals surface area (Å²) in [6, 6.07) is 5.06. The van der Waals surface area contributed by atoms with Crippen molar-refractivity contribution in [3.63, 3.8) is 0 Å². The first-order chi connectivity index (χ1) is 8.19. The molecule has 2 atom stereocenters. The highest BCUT2D eigenvalue weighted by molar-refractivity contribution is 4.96. The van der Waals surface area contributed by atoms with Crippen molar-refractivity contribution in [3.05, 3.63) is 0 Å². The molecule has 0 heterocycles. The Bertz CT molecular complexity index is 298. The maximum Gasteiger partial charge on any atom is 0.0672 e. The molecular formula is C14H23N3. The van der Waals surface area contributed by atoms with Crippen molar-refractivity contribution in [2.24, 2.45) is 11.8 Å². The fraction of sp³-hybridized carbons (Fsp3) is 0.857. The summed E-state index contributed by atoms with van der Waals surface area (Å²) in [6.07, 6.45) is 5.13. The van der Waals surface area contributed by atoms with Gasteiger partial charge in [-0.15, -0.1) is 0 Å². The van der Waals surface area contributed by atoms with Gasteiger partial charge in [0.1, 0.15) is 0 Å². The van der Waals surface area contributed by atoms with Crippen LogP contribution in [0.2, 0.25) is 0 Å². The minimum absolute atomic E-state index is 0.168. The van der Waals surface area contributed by atoms with E-state index in [1.54, 1.807) is 0 Å². The van der Waals surface area contributed by atoms with E-state index in [0.29, 0.717) is 18.4 Å². The molecule has 0 bridgehead atoms. The first-order valence-electron chi connectivity index (χ1n) is 6.69. The lowest BCUT2D eigenvalue weighted by Gasteiger charge is -2.37. The molecule has 1 saturated carbocycles. The van der Waals surface area contributed by atoms with Gasteiger partial charge in [-0.05, 0) is 18.8 Å². The van der Waals surface area contributed by atoms with Crippen LogP contribution in [0, 0.1) is 34.5 Å². The Hall–Kier alpha value is -1.06. The summed E-state index contributed by atoms with van der Waals surface area (Å²) in [7, 11) is 0. The van der Waals surface area contributed by atoms with Crippen LogP contribution in [0.5, 0.6) is 0 Å². The van der Waals surface area contributed by atoms with Gasteiger partial charge in [0.15, 0.2) is 0 Å². The highest BCUT2D eigenvalue weighted by Crippen LogP contribution is 2.28. The van der Waals surface area contributed by atoms with E-state index in [1.807, 2.05) is 0 Å². The molecule has 1 fully saturated rings. The number of nitriles is 2. The lowest BCUT2D eigenvalue weighted by molar-refractivity contribution is 0.116. The van der Waals surface area contributed by atoms with Crippen LogP contribution < -0.4 is 0 Å². The summed E-state index contributed by atoms with van der Waals surface area (Å²) in [5, 5.41) is 18.0. The normalized spacial score (nSPS) is 24.6. The van der Waals surface area contributed by atoms with E-state index in [1.165, 1.54) is 12.8 Å². The summed E-state index contributed by atoms with van der Waals surface area (Å²) in [6.45, 7) is 6.22. The summed E-state index contributed by atoms with van der Waals surface area (Å²) >= 11 is 0. The van der Waals surface area contributed by atoms with E-state index in [4.69, 9.17) is 5.26 Å². The first kappa shape index (κ1) is 14.0. The van der Waals surface area contributed by atoms with E-state index in [9.17, 15) is 5.26 Å². The molecule has 2 unspecified atom stereocenters. The van der Waals surface area contributed by atoms with Gasteiger partial charge in [0.2, 0.25) is 0 Å². The lowest BCUT2D eigenvalue weighted by atomic mass is 9.84. The smallest absolute Gasteiger partial charge is 0.0672 e. The van der Waals surface area contributed by atoms with Gasteiger partial charge in [-0.3, -0.25) is 4.90 Å². The van der Waals surface area contributed by atoms with Crippen LogP contribution in [-0.4, -0.2) is 24.0 Å². The van der Waals surface area contributed by atoms with E-state index in [2.05, 4.69) is 30.9 Å². The van der Waals surface area contributed by atoms with Crippen molar-refractivity contribution < 1.29 is 0 Å². The van der Waals surface area contributed by atoms with Crippen LogP contribution in [0.4, 0.5) is 0 Å². The fourth-order valence-electron chi connectivity index (χ4n) is 2.75. The fourth-order valence-corrected chi connectivity index (χ4v) is 2.75. The molecule has 3 heteroatoms. The second kappa shape index (κ2) is 7.30. The van der Waals surface area contributed by atoms with Crippen LogP contribution in [0.3, 0.4) is 0 Å². The standard InChI is InChI=1S/C14H23N3/c1-12(2)11-17(9-5-8-15)14-7-4-3-6-13(14)10-16/h12-14H,3-7,9,11H2,1-2H3. The molecule has 1 rings (SSSR count). The van der Waals surface area contributed by atoms with Crippen molar-refractivity contribution in [3.8, 4) is 12.1 Å². The van der Waals surface area contributed by atoms with Gasteiger partial charge < -0.3 is 0 Å². The number of hydrogen-bond acceptors (Lipinski definition) is 3. The predicted molar refractivity (Wildman–Crippen MR) is 68.0 cm³/mol. The van der Waals surface area contributed by atoms with E-state index < -0.39 is 0 Å². The van der Waals surface area contributed by atoms with Gasteiger partial charge in [-0.2, -0.15) is 10.5 Å². The largest absolute Gasteiger partial charge is 0.298 e. The van der Waals surface area contributed by atoms with Crippen molar-refractivity contribution in [1.82, 2.24) is 4.90 Å². The molecule has 0 aliphatic heterocycles. The average molecular weight is 233 g/mol. The van der Waals surface area contributed by atoms with Gasteiger partial charge in [0.05, 0.1) is 18.1 Å². The summed E-state index contributed by atoms with van der Waals surface area (Å²) in [5.41, 5.74) is 0. The Morgan fingerprint density at radius 3 is 2.53 bits per heavy atom. The molecule has 3 nitrogen and oxygen atoms in total. The van der Waals surface area contributed by atoms with Crippen molar-refractivity contribution in [1.29, 1.82) is 10.5 Å². The van der Waals surface area contributed by atoms with Crippen LogP contribution in [0.15, 0.2) is 0 Å². The van der Waals surface area contributed by atoms with Gasteiger partial charge in [0.25, 0.3) is 0 Å². The predicted octanol–water partition coefficient (Wildman–Crippen LogP) is 2.94. The van der Waals surface area contributed by atoms with Crippen molar-refractivity contribution in [2.75, 3.05) is 13.1 Å². The summed E-state index contributed by atoms with van der Waals surface area (Å²) in [4.78, 5) is 2.38. The van der Waals surface area contributed by atoms with Gasteiger partial charge >= 0.3 is 0 Å². The Morgan fingerprint density at radius 1 is 1.24 bits per heavy atom. The minimum atomic E-state index is 0.168. The zero-order valence-electron chi connectivity index (χ0n) is 11.0. The van der Waals surface area contributed by atoms with Crippen molar-refractivity contribution >= 4 is 0 Å². The van der Waals surface area contributed by atoms with E-state index >= 15 is 0 Å². The van der Waals surface area contributed by atoms with E-state index in [0.717, 1.165) is 25.9 Å². The molecule has 1 aliphatic rings. The summed E-state index contributed by atoms with van der Waals surface area (Å²) in [5.74, 6) is 0.760. The molecule has 0 spiro atoms. The monoisotopic (exact) mass is 233 g/mol. The third-order valence-electron chi connectivity index (χ3n) is 3.47. The van der Waals surface area contributed by atoms with E-state index in [-0.39, 0.29) is 5.92 Å². The number of hydrogen-bond donors (Lipinski definition) is 0. The maximum absolute atomic E-state index is 9.23. The second-order valence-corrected chi connectivity index (χ2v) is 5.38. The average Bonchev–Trinajstić information content (AvgIpc) is 2.34. The first-order valence-corrected chi connectivity index (χ1v) is 6.69. The second-order valence-electron chi connectivity index (χ2n) is 5.38. The third kappa shape index (κ3) is 4.36. The molecule has 0 saturated heterocycles. The highest BCUT2D eigenvalue weighted by atomic mass is 15.2. The molecule has 0 aromatic heterocycles. The number of nitrogens with zero attached hydrogens (tertiary/aromatic N) is 3.